The summed E-state index contributed by atoms with van der Waals surface area (Å²) in [4.78, 5) is -0.0121. The van der Waals surface area contributed by atoms with Crippen molar-refractivity contribution in [3.8, 4) is 0 Å². The molecule has 20 heavy (non-hydrogen) atoms. The van der Waals surface area contributed by atoms with Crippen LogP contribution in [0, 0.1) is 0 Å². The Labute approximate surface area is 123 Å². The SMILES string of the molecule is C[C@@H](NS(=O)(=O)c1cc(N)ccc1Cl)c1ccccc1. The van der Waals surface area contributed by atoms with E-state index in [-0.39, 0.29) is 16.0 Å². The van der Waals surface area contributed by atoms with Gasteiger partial charge >= 0.3 is 0 Å². The zero-order valence-corrected chi connectivity index (χ0v) is 12.4. The fourth-order valence-electron chi connectivity index (χ4n) is 1.83. The molecule has 0 saturated carbocycles. The minimum Gasteiger partial charge on any atom is -0.399 e. The summed E-state index contributed by atoms with van der Waals surface area (Å²) in [5.74, 6) is 0. The normalized spacial score (nSPS) is 13.1. The number of nitrogens with one attached hydrogen (secondary N) is 1. The maximum absolute atomic E-state index is 12.3. The molecule has 0 fully saturated rings. The lowest BCUT2D eigenvalue weighted by molar-refractivity contribution is 0.567. The predicted octanol–water partition coefficient (Wildman–Crippen LogP) is 2.96. The van der Waals surface area contributed by atoms with E-state index in [4.69, 9.17) is 17.3 Å². The first-order valence-electron chi connectivity index (χ1n) is 6.02. The second kappa shape index (κ2) is 5.83. The third-order valence-electron chi connectivity index (χ3n) is 2.88. The van der Waals surface area contributed by atoms with E-state index in [1.165, 1.54) is 12.1 Å². The second-order valence-corrected chi connectivity index (χ2v) is 6.53. The Morgan fingerprint density at radius 2 is 1.80 bits per heavy atom. The molecule has 0 heterocycles. The molecule has 0 saturated heterocycles. The van der Waals surface area contributed by atoms with Gasteiger partial charge in [-0.1, -0.05) is 41.9 Å². The third-order valence-corrected chi connectivity index (χ3v) is 4.90. The van der Waals surface area contributed by atoms with E-state index in [9.17, 15) is 8.42 Å². The zero-order valence-electron chi connectivity index (χ0n) is 10.9. The van der Waals surface area contributed by atoms with E-state index >= 15 is 0 Å². The summed E-state index contributed by atoms with van der Waals surface area (Å²) in [6.45, 7) is 1.77. The number of nitrogens with two attached hydrogens (primary N) is 1. The molecule has 0 aliphatic carbocycles. The summed E-state index contributed by atoms with van der Waals surface area (Å²) in [6, 6.07) is 13.3. The van der Waals surface area contributed by atoms with E-state index in [0.29, 0.717) is 5.69 Å². The molecule has 0 unspecified atom stereocenters. The quantitative estimate of drug-likeness (QED) is 0.853. The lowest BCUT2D eigenvalue weighted by Crippen LogP contribution is -2.27. The maximum Gasteiger partial charge on any atom is 0.242 e. The van der Waals surface area contributed by atoms with E-state index < -0.39 is 10.0 Å². The molecule has 1 atom stereocenters. The Morgan fingerprint density at radius 1 is 1.15 bits per heavy atom. The smallest absolute Gasteiger partial charge is 0.242 e. The van der Waals surface area contributed by atoms with Crippen LogP contribution in [0.3, 0.4) is 0 Å². The Hall–Kier alpha value is -1.56. The highest BCUT2D eigenvalue weighted by molar-refractivity contribution is 7.89. The number of halogens is 1. The van der Waals surface area contributed by atoms with Gasteiger partial charge in [-0.25, -0.2) is 13.1 Å². The summed E-state index contributed by atoms with van der Waals surface area (Å²) >= 11 is 5.94. The van der Waals surface area contributed by atoms with Crippen LogP contribution >= 0.6 is 11.6 Å². The molecule has 0 aromatic heterocycles. The molecule has 0 amide bonds. The predicted molar refractivity (Wildman–Crippen MR) is 81.0 cm³/mol. The largest absolute Gasteiger partial charge is 0.399 e. The maximum atomic E-state index is 12.3. The van der Waals surface area contributed by atoms with Crippen LogP contribution in [-0.2, 0) is 10.0 Å². The van der Waals surface area contributed by atoms with E-state index in [1.54, 1.807) is 13.0 Å². The number of benzene rings is 2. The molecule has 2 aromatic carbocycles. The molecule has 0 aliphatic heterocycles. The molecule has 0 bridgehead atoms. The molecule has 6 heteroatoms. The highest BCUT2D eigenvalue weighted by Crippen LogP contribution is 2.25. The zero-order chi connectivity index (χ0) is 14.8. The van der Waals surface area contributed by atoms with Crippen LogP contribution in [0.15, 0.2) is 53.4 Å². The molecule has 4 nitrogen and oxygen atoms in total. The molecular weight excluding hydrogens is 296 g/mol. The molecule has 3 N–H and O–H groups in total. The Bertz CT molecular complexity index is 702. The molecule has 0 radical (unpaired) electrons. The van der Waals surface area contributed by atoms with Gasteiger partial charge in [-0.05, 0) is 30.7 Å². The van der Waals surface area contributed by atoms with Crippen LogP contribution in [-0.4, -0.2) is 8.42 Å². The topological polar surface area (TPSA) is 72.2 Å². The van der Waals surface area contributed by atoms with Gasteiger partial charge in [-0.15, -0.1) is 0 Å². The highest BCUT2D eigenvalue weighted by Gasteiger charge is 2.21. The lowest BCUT2D eigenvalue weighted by atomic mass is 10.1. The number of anilines is 1. The van der Waals surface area contributed by atoms with Gasteiger partial charge in [-0.3, -0.25) is 0 Å². The van der Waals surface area contributed by atoms with Crippen LogP contribution < -0.4 is 10.5 Å². The number of hydrogen-bond acceptors (Lipinski definition) is 3. The number of sulfonamides is 1. The minimum absolute atomic E-state index is 0.0121. The summed E-state index contributed by atoms with van der Waals surface area (Å²) in [7, 11) is -3.72. The van der Waals surface area contributed by atoms with Crippen molar-refractivity contribution in [2.75, 3.05) is 5.73 Å². The lowest BCUT2D eigenvalue weighted by Gasteiger charge is -2.15. The highest BCUT2D eigenvalue weighted by atomic mass is 35.5. The number of hydrogen-bond donors (Lipinski definition) is 2. The van der Waals surface area contributed by atoms with Crippen LogP contribution in [0.4, 0.5) is 5.69 Å². The molecule has 2 aromatic rings. The van der Waals surface area contributed by atoms with Crippen molar-refractivity contribution in [1.82, 2.24) is 4.72 Å². The molecule has 0 spiro atoms. The molecule has 106 valence electrons. The first-order chi connectivity index (χ1) is 9.40. The van der Waals surface area contributed by atoms with Gasteiger partial charge in [-0.2, -0.15) is 0 Å². The van der Waals surface area contributed by atoms with Crippen molar-refractivity contribution >= 4 is 27.3 Å². The van der Waals surface area contributed by atoms with Crippen molar-refractivity contribution < 1.29 is 8.42 Å². The first-order valence-corrected chi connectivity index (χ1v) is 7.88. The summed E-state index contributed by atoms with van der Waals surface area (Å²) in [6.07, 6.45) is 0. The fraction of sp³-hybridized carbons (Fsp3) is 0.143. The van der Waals surface area contributed by atoms with Crippen LogP contribution in [0.5, 0.6) is 0 Å². The van der Waals surface area contributed by atoms with Crippen LogP contribution in [0.25, 0.3) is 0 Å². The average Bonchev–Trinajstić information content (AvgIpc) is 2.42. The van der Waals surface area contributed by atoms with Gasteiger partial charge in [0, 0.05) is 11.7 Å². The van der Waals surface area contributed by atoms with Crippen molar-refractivity contribution in [2.24, 2.45) is 0 Å². The Morgan fingerprint density at radius 3 is 2.45 bits per heavy atom. The van der Waals surface area contributed by atoms with Gasteiger partial charge in [0.25, 0.3) is 0 Å². The minimum atomic E-state index is -3.72. The molecular formula is C14H15ClN2O2S. The van der Waals surface area contributed by atoms with E-state index in [1.807, 2.05) is 30.3 Å². The van der Waals surface area contributed by atoms with Crippen molar-refractivity contribution in [3.63, 3.8) is 0 Å². The van der Waals surface area contributed by atoms with Gasteiger partial charge in [0.1, 0.15) is 4.90 Å². The van der Waals surface area contributed by atoms with Crippen molar-refractivity contribution in [1.29, 1.82) is 0 Å². The fourth-order valence-corrected chi connectivity index (χ4v) is 3.60. The van der Waals surface area contributed by atoms with Gasteiger partial charge in [0.15, 0.2) is 0 Å². The Balaban J connectivity index is 2.30. The standard InChI is InChI=1S/C14H15ClN2O2S/c1-10(11-5-3-2-4-6-11)17-20(18,19)14-9-12(16)7-8-13(14)15/h2-10,17H,16H2,1H3/t10-/m1/s1. The molecule has 2 rings (SSSR count). The Kier molecular flexibility index (Phi) is 4.32. The van der Waals surface area contributed by atoms with Crippen molar-refractivity contribution in [2.45, 2.75) is 17.9 Å². The van der Waals surface area contributed by atoms with Gasteiger partial charge in [0.2, 0.25) is 10.0 Å². The summed E-state index contributed by atoms with van der Waals surface area (Å²) in [5.41, 5.74) is 6.84. The van der Waals surface area contributed by atoms with E-state index in [2.05, 4.69) is 4.72 Å². The number of nitrogen functional groups attached to an aromatic ring is 1. The van der Waals surface area contributed by atoms with Crippen LogP contribution in [0.2, 0.25) is 5.02 Å². The van der Waals surface area contributed by atoms with Crippen LogP contribution in [0.1, 0.15) is 18.5 Å². The average molecular weight is 311 g/mol. The molecule has 0 aliphatic rings. The summed E-state index contributed by atoms with van der Waals surface area (Å²) in [5, 5.41) is 0.145. The summed E-state index contributed by atoms with van der Waals surface area (Å²) < 4.78 is 27.3. The second-order valence-electron chi connectivity index (χ2n) is 4.44. The number of rotatable bonds is 4. The van der Waals surface area contributed by atoms with E-state index in [0.717, 1.165) is 5.56 Å². The monoisotopic (exact) mass is 310 g/mol. The van der Waals surface area contributed by atoms with Gasteiger partial charge < -0.3 is 5.73 Å². The van der Waals surface area contributed by atoms with Crippen molar-refractivity contribution in [3.05, 3.63) is 59.1 Å². The first kappa shape index (κ1) is 14.8. The van der Waals surface area contributed by atoms with Gasteiger partial charge in [0.05, 0.1) is 5.02 Å². The third kappa shape index (κ3) is 3.30.